The summed E-state index contributed by atoms with van der Waals surface area (Å²) in [6.45, 7) is 2.81. The Morgan fingerprint density at radius 3 is 2.39 bits per heavy atom. The number of nitrogens with zero attached hydrogens (tertiary/aromatic N) is 1. The van der Waals surface area contributed by atoms with Crippen molar-refractivity contribution in [1.29, 1.82) is 0 Å². The molecule has 0 spiro atoms. The zero-order valence-electron chi connectivity index (χ0n) is 10.9. The lowest BCUT2D eigenvalue weighted by Gasteiger charge is -2.05. The summed E-state index contributed by atoms with van der Waals surface area (Å²) >= 11 is 5.68. The Bertz CT molecular complexity index is 465. The summed E-state index contributed by atoms with van der Waals surface area (Å²) in [4.78, 5) is 24.7. The third-order valence-corrected chi connectivity index (χ3v) is 3.24. The molecular weight excluding hydrogens is 252 g/mol. The van der Waals surface area contributed by atoms with Crippen molar-refractivity contribution in [1.82, 2.24) is 9.55 Å². The fourth-order valence-electron chi connectivity index (χ4n) is 1.89. The van der Waals surface area contributed by atoms with Gasteiger partial charge in [-0.05, 0) is 6.42 Å². The third kappa shape index (κ3) is 5.08. The maximum absolute atomic E-state index is 11.4. The number of nitrogens with one attached hydrogen (secondary N) is 1. The number of rotatable bonds is 8. The Morgan fingerprint density at radius 2 is 1.72 bits per heavy atom. The lowest BCUT2D eigenvalue weighted by atomic mass is 10.1. The first kappa shape index (κ1) is 15.0. The monoisotopic (exact) mass is 272 g/mol. The number of hydrogen-bond donors (Lipinski definition) is 1. The van der Waals surface area contributed by atoms with Crippen LogP contribution < -0.4 is 11.2 Å². The summed E-state index contributed by atoms with van der Waals surface area (Å²) in [5.74, 6) is 0. The van der Waals surface area contributed by atoms with E-state index < -0.39 is 5.56 Å². The standard InChI is InChI=1S/C13H21ClN2O2/c1-2-3-4-5-6-7-8-9-16-10-11(14)12(17)15-13(16)18/h10H,2-9H2,1H3,(H,15,17,18). The van der Waals surface area contributed by atoms with E-state index in [9.17, 15) is 9.59 Å². The molecule has 0 saturated heterocycles. The molecule has 0 aliphatic carbocycles. The predicted octanol–water partition coefficient (Wildman–Crippen LogP) is 2.94. The largest absolute Gasteiger partial charge is 0.328 e. The van der Waals surface area contributed by atoms with Gasteiger partial charge in [0.05, 0.1) is 0 Å². The lowest BCUT2D eigenvalue weighted by Crippen LogP contribution is -2.29. The average Bonchev–Trinajstić information content (AvgIpc) is 2.34. The molecule has 0 aliphatic rings. The zero-order valence-corrected chi connectivity index (χ0v) is 11.6. The molecule has 4 nitrogen and oxygen atoms in total. The minimum absolute atomic E-state index is 0.0672. The van der Waals surface area contributed by atoms with E-state index in [4.69, 9.17) is 11.6 Å². The smallest absolute Gasteiger partial charge is 0.299 e. The normalized spacial score (nSPS) is 10.8. The molecule has 0 amide bonds. The van der Waals surface area contributed by atoms with Crippen LogP contribution in [0.4, 0.5) is 0 Å². The Hall–Kier alpha value is -1.03. The molecule has 0 saturated carbocycles. The molecule has 0 aromatic carbocycles. The van der Waals surface area contributed by atoms with E-state index in [1.165, 1.54) is 42.9 Å². The second-order valence-electron chi connectivity index (χ2n) is 4.55. The molecule has 18 heavy (non-hydrogen) atoms. The number of aromatic amines is 1. The van der Waals surface area contributed by atoms with Crippen molar-refractivity contribution in [3.05, 3.63) is 32.1 Å². The van der Waals surface area contributed by atoms with Crippen LogP contribution >= 0.6 is 11.6 Å². The van der Waals surface area contributed by atoms with Crippen LogP contribution in [0.2, 0.25) is 5.02 Å². The van der Waals surface area contributed by atoms with Gasteiger partial charge in [-0.2, -0.15) is 0 Å². The van der Waals surface area contributed by atoms with Gasteiger partial charge in [-0.1, -0.05) is 57.0 Å². The molecule has 0 bridgehead atoms. The Labute approximate surface area is 112 Å². The molecule has 0 radical (unpaired) electrons. The summed E-state index contributed by atoms with van der Waals surface area (Å²) in [6.07, 6.45) is 9.77. The first-order chi connectivity index (χ1) is 8.65. The van der Waals surface area contributed by atoms with Crippen LogP contribution in [0.1, 0.15) is 51.9 Å². The molecule has 0 unspecified atom stereocenters. The highest BCUT2D eigenvalue weighted by atomic mass is 35.5. The summed E-state index contributed by atoms with van der Waals surface area (Å²) in [5, 5.41) is 0.0672. The van der Waals surface area contributed by atoms with Crippen molar-refractivity contribution in [2.24, 2.45) is 0 Å². The molecule has 1 N–H and O–H groups in total. The van der Waals surface area contributed by atoms with Crippen LogP contribution in [0.25, 0.3) is 0 Å². The molecular formula is C13H21ClN2O2. The van der Waals surface area contributed by atoms with Crippen LogP contribution in [-0.4, -0.2) is 9.55 Å². The quantitative estimate of drug-likeness (QED) is 0.740. The molecule has 5 heteroatoms. The first-order valence-electron chi connectivity index (χ1n) is 6.64. The number of halogens is 1. The van der Waals surface area contributed by atoms with E-state index in [0.29, 0.717) is 6.54 Å². The van der Waals surface area contributed by atoms with Gasteiger partial charge in [0.25, 0.3) is 5.56 Å². The molecule has 0 aliphatic heterocycles. The van der Waals surface area contributed by atoms with Gasteiger partial charge in [0.15, 0.2) is 0 Å². The van der Waals surface area contributed by atoms with Crippen molar-refractivity contribution in [2.45, 2.75) is 58.4 Å². The van der Waals surface area contributed by atoms with Crippen LogP contribution in [0.3, 0.4) is 0 Å². The van der Waals surface area contributed by atoms with Crippen molar-refractivity contribution >= 4 is 11.6 Å². The highest BCUT2D eigenvalue weighted by molar-refractivity contribution is 6.30. The number of H-pyrrole nitrogens is 1. The third-order valence-electron chi connectivity index (χ3n) is 2.97. The van der Waals surface area contributed by atoms with Crippen LogP contribution in [0, 0.1) is 0 Å². The molecule has 1 aromatic rings. The average molecular weight is 273 g/mol. The van der Waals surface area contributed by atoms with E-state index in [0.717, 1.165) is 12.8 Å². The van der Waals surface area contributed by atoms with Crippen molar-refractivity contribution < 1.29 is 0 Å². The van der Waals surface area contributed by atoms with Crippen molar-refractivity contribution in [2.75, 3.05) is 0 Å². The summed E-state index contributed by atoms with van der Waals surface area (Å²) < 4.78 is 1.47. The molecule has 0 atom stereocenters. The lowest BCUT2D eigenvalue weighted by molar-refractivity contribution is 0.536. The first-order valence-corrected chi connectivity index (χ1v) is 7.02. The second-order valence-corrected chi connectivity index (χ2v) is 4.96. The van der Waals surface area contributed by atoms with Gasteiger partial charge in [0, 0.05) is 12.7 Å². The summed E-state index contributed by atoms with van der Waals surface area (Å²) in [7, 11) is 0. The summed E-state index contributed by atoms with van der Waals surface area (Å²) in [6, 6.07) is 0. The van der Waals surface area contributed by atoms with E-state index in [1.54, 1.807) is 0 Å². The number of aryl methyl sites for hydroxylation is 1. The molecule has 0 fully saturated rings. The van der Waals surface area contributed by atoms with Gasteiger partial charge in [-0.25, -0.2) is 4.79 Å². The number of hydrogen-bond acceptors (Lipinski definition) is 2. The minimum Gasteiger partial charge on any atom is -0.299 e. The molecule has 1 aromatic heterocycles. The highest BCUT2D eigenvalue weighted by Crippen LogP contribution is 2.07. The van der Waals surface area contributed by atoms with Gasteiger partial charge in [0.1, 0.15) is 5.02 Å². The zero-order chi connectivity index (χ0) is 13.4. The van der Waals surface area contributed by atoms with Crippen LogP contribution in [0.15, 0.2) is 15.8 Å². The van der Waals surface area contributed by atoms with E-state index >= 15 is 0 Å². The highest BCUT2D eigenvalue weighted by Gasteiger charge is 2.01. The fraction of sp³-hybridized carbons (Fsp3) is 0.692. The van der Waals surface area contributed by atoms with Gasteiger partial charge in [-0.3, -0.25) is 14.3 Å². The topological polar surface area (TPSA) is 54.9 Å². The van der Waals surface area contributed by atoms with Gasteiger partial charge in [0.2, 0.25) is 0 Å². The maximum Gasteiger partial charge on any atom is 0.328 e. The van der Waals surface area contributed by atoms with E-state index in [2.05, 4.69) is 11.9 Å². The van der Waals surface area contributed by atoms with Gasteiger partial charge in [-0.15, -0.1) is 0 Å². The van der Waals surface area contributed by atoms with Crippen molar-refractivity contribution in [3.8, 4) is 0 Å². The molecule has 1 heterocycles. The Balaban J connectivity index is 2.30. The van der Waals surface area contributed by atoms with Crippen molar-refractivity contribution in [3.63, 3.8) is 0 Å². The van der Waals surface area contributed by atoms with Crippen LogP contribution in [0.5, 0.6) is 0 Å². The molecule has 1 rings (SSSR count). The number of aromatic nitrogens is 2. The summed E-state index contributed by atoms with van der Waals surface area (Å²) in [5.41, 5.74) is -0.895. The Morgan fingerprint density at radius 1 is 1.11 bits per heavy atom. The maximum atomic E-state index is 11.4. The van der Waals surface area contributed by atoms with E-state index in [-0.39, 0.29) is 10.7 Å². The predicted molar refractivity (Wildman–Crippen MR) is 74.3 cm³/mol. The van der Waals surface area contributed by atoms with E-state index in [1.807, 2.05) is 0 Å². The molecule has 102 valence electrons. The van der Waals surface area contributed by atoms with Crippen LogP contribution in [-0.2, 0) is 6.54 Å². The fourth-order valence-corrected chi connectivity index (χ4v) is 2.05. The van der Waals surface area contributed by atoms with Gasteiger partial charge >= 0.3 is 5.69 Å². The number of unbranched alkanes of at least 4 members (excludes halogenated alkanes) is 6. The Kier molecular flexibility index (Phi) is 6.80. The minimum atomic E-state index is -0.516. The van der Waals surface area contributed by atoms with Gasteiger partial charge < -0.3 is 0 Å². The second kappa shape index (κ2) is 8.14. The SMILES string of the molecule is CCCCCCCCCn1cc(Cl)c(=O)[nH]c1=O.